The topological polar surface area (TPSA) is 71.2 Å². The number of carbonyl (C=O) groups excluding carboxylic acids is 1. The van der Waals surface area contributed by atoms with Crippen molar-refractivity contribution in [2.45, 2.75) is 32.7 Å². The summed E-state index contributed by atoms with van der Waals surface area (Å²) in [5.74, 6) is 5.67. The number of hydrazine groups is 1. The normalized spacial score (nSPS) is 17.4. The molecule has 5 nitrogen and oxygen atoms in total. The van der Waals surface area contributed by atoms with Crippen LogP contribution in [0.1, 0.15) is 42.2 Å². The molecule has 19 heavy (non-hydrogen) atoms. The zero-order valence-electron chi connectivity index (χ0n) is 11.4. The monoisotopic (exact) mass is 262 g/mol. The van der Waals surface area contributed by atoms with Crippen LogP contribution in [0.25, 0.3) is 0 Å². The average molecular weight is 262 g/mol. The number of piperidine rings is 1. The molecule has 1 aliphatic rings. The Labute approximate surface area is 114 Å². The van der Waals surface area contributed by atoms with Gasteiger partial charge in [0.1, 0.15) is 0 Å². The fraction of sp³-hybridized carbons (Fsp3) is 0.571. The molecule has 3 N–H and O–H groups in total. The van der Waals surface area contributed by atoms with E-state index in [1.807, 2.05) is 6.07 Å². The van der Waals surface area contributed by atoms with E-state index in [0.29, 0.717) is 5.56 Å². The van der Waals surface area contributed by atoms with Crippen LogP contribution in [0.15, 0.2) is 18.3 Å². The van der Waals surface area contributed by atoms with E-state index in [4.69, 9.17) is 5.84 Å². The molecular weight excluding hydrogens is 240 g/mol. The minimum atomic E-state index is -0.303. The van der Waals surface area contributed by atoms with Gasteiger partial charge in [0.2, 0.25) is 0 Å². The van der Waals surface area contributed by atoms with Crippen molar-refractivity contribution < 1.29 is 4.79 Å². The number of rotatable bonds is 4. The van der Waals surface area contributed by atoms with E-state index < -0.39 is 0 Å². The van der Waals surface area contributed by atoms with Crippen LogP contribution < -0.4 is 11.3 Å². The van der Waals surface area contributed by atoms with Gasteiger partial charge in [-0.05, 0) is 44.0 Å². The number of hydrogen-bond donors (Lipinski definition) is 2. The lowest BCUT2D eigenvalue weighted by molar-refractivity contribution is 0.0953. The van der Waals surface area contributed by atoms with Gasteiger partial charge in [0, 0.05) is 12.7 Å². The first-order chi connectivity index (χ1) is 9.22. The smallest absolute Gasteiger partial charge is 0.266 e. The average Bonchev–Trinajstić information content (AvgIpc) is 2.48. The minimum absolute atomic E-state index is 0.303. The van der Waals surface area contributed by atoms with E-state index in [1.165, 1.54) is 19.3 Å². The van der Waals surface area contributed by atoms with Gasteiger partial charge in [0.25, 0.3) is 5.91 Å². The highest BCUT2D eigenvalue weighted by Gasteiger charge is 2.18. The van der Waals surface area contributed by atoms with Gasteiger partial charge in [-0.1, -0.05) is 13.3 Å². The summed E-state index contributed by atoms with van der Waals surface area (Å²) in [5.41, 5.74) is 3.60. The third-order valence-electron chi connectivity index (χ3n) is 3.89. The number of hydrogen-bond acceptors (Lipinski definition) is 4. The third kappa shape index (κ3) is 3.75. The van der Waals surface area contributed by atoms with E-state index in [1.54, 1.807) is 12.3 Å². The Morgan fingerprint density at radius 2 is 2.21 bits per heavy atom. The standard InChI is InChI=1S/C14H22N4O/c1-2-11-5-7-18(8-6-11)10-13-4-3-12(9-16-13)14(19)17-15/h3-4,9,11H,2,5-8,10,15H2,1H3,(H,17,19). The van der Waals surface area contributed by atoms with Crippen molar-refractivity contribution in [2.24, 2.45) is 11.8 Å². The van der Waals surface area contributed by atoms with Crippen LogP contribution in [0.3, 0.4) is 0 Å². The number of aromatic nitrogens is 1. The van der Waals surface area contributed by atoms with Crippen molar-refractivity contribution in [2.75, 3.05) is 13.1 Å². The highest BCUT2D eigenvalue weighted by molar-refractivity contribution is 5.93. The minimum Gasteiger partial charge on any atom is -0.297 e. The van der Waals surface area contributed by atoms with Gasteiger partial charge in [-0.15, -0.1) is 0 Å². The van der Waals surface area contributed by atoms with Crippen LogP contribution in [0.4, 0.5) is 0 Å². The number of nitrogen functional groups attached to an aromatic ring is 1. The SMILES string of the molecule is CCC1CCN(Cc2ccc(C(=O)NN)cn2)CC1. The zero-order valence-corrected chi connectivity index (χ0v) is 11.4. The molecule has 5 heteroatoms. The van der Waals surface area contributed by atoms with Crippen molar-refractivity contribution in [3.8, 4) is 0 Å². The molecule has 1 aromatic heterocycles. The van der Waals surface area contributed by atoms with E-state index in [0.717, 1.165) is 31.2 Å². The van der Waals surface area contributed by atoms with Gasteiger partial charge < -0.3 is 0 Å². The van der Waals surface area contributed by atoms with E-state index in [2.05, 4.69) is 22.2 Å². The Kier molecular flexibility index (Phi) is 4.87. The summed E-state index contributed by atoms with van der Waals surface area (Å²) < 4.78 is 0. The second kappa shape index (κ2) is 6.63. The second-order valence-corrected chi connectivity index (χ2v) is 5.14. The van der Waals surface area contributed by atoms with Crippen LogP contribution in [0, 0.1) is 5.92 Å². The van der Waals surface area contributed by atoms with Crippen molar-refractivity contribution in [1.29, 1.82) is 0 Å². The molecule has 2 rings (SSSR count). The number of pyridine rings is 1. The first-order valence-corrected chi connectivity index (χ1v) is 6.91. The van der Waals surface area contributed by atoms with Crippen LogP contribution in [-0.2, 0) is 6.54 Å². The van der Waals surface area contributed by atoms with Crippen LogP contribution in [-0.4, -0.2) is 28.9 Å². The Morgan fingerprint density at radius 1 is 1.47 bits per heavy atom. The predicted octanol–water partition coefficient (Wildman–Crippen LogP) is 1.31. The number of nitrogens with zero attached hydrogens (tertiary/aromatic N) is 2. The number of likely N-dealkylation sites (tertiary alicyclic amines) is 1. The first kappa shape index (κ1) is 14.0. The van der Waals surface area contributed by atoms with Gasteiger partial charge in [-0.2, -0.15) is 0 Å². The molecular formula is C14H22N4O. The molecule has 0 bridgehead atoms. The maximum atomic E-state index is 11.3. The number of nitrogens with two attached hydrogens (primary N) is 1. The predicted molar refractivity (Wildman–Crippen MR) is 74.2 cm³/mol. The maximum absolute atomic E-state index is 11.3. The third-order valence-corrected chi connectivity index (χ3v) is 3.89. The van der Waals surface area contributed by atoms with Crippen LogP contribution >= 0.6 is 0 Å². The van der Waals surface area contributed by atoms with E-state index in [-0.39, 0.29) is 5.91 Å². The summed E-state index contributed by atoms with van der Waals surface area (Å²) in [6.45, 7) is 5.42. The number of nitrogens with one attached hydrogen (secondary N) is 1. The maximum Gasteiger partial charge on any atom is 0.266 e. The molecule has 104 valence electrons. The van der Waals surface area contributed by atoms with Gasteiger partial charge in [-0.3, -0.25) is 20.1 Å². The molecule has 0 atom stereocenters. The largest absolute Gasteiger partial charge is 0.297 e. The molecule has 0 aromatic carbocycles. The van der Waals surface area contributed by atoms with Crippen molar-refractivity contribution in [1.82, 2.24) is 15.3 Å². The first-order valence-electron chi connectivity index (χ1n) is 6.91. The molecule has 0 spiro atoms. The number of carbonyl (C=O) groups is 1. The molecule has 1 amide bonds. The molecule has 1 aliphatic heterocycles. The highest BCUT2D eigenvalue weighted by Crippen LogP contribution is 2.20. The van der Waals surface area contributed by atoms with Gasteiger partial charge >= 0.3 is 0 Å². The molecule has 0 aliphatic carbocycles. The molecule has 0 saturated carbocycles. The number of amides is 1. The van der Waals surface area contributed by atoms with Crippen molar-refractivity contribution >= 4 is 5.91 Å². The van der Waals surface area contributed by atoms with Gasteiger partial charge in [0.15, 0.2) is 0 Å². The fourth-order valence-electron chi connectivity index (χ4n) is 2.52. The Morgan fingerprint density at radius 3 is 2.74 bits per heavy atom. The summed E-state index contributed by atoms with van der Waals surface area (Å²) in [6, 6.07) is 3.67. The summed E-state index contributed by atoms with van der Waals surface area (Å²) in [5, 5.41) is 0. The molecule has 1 fully saturated rings. The van der Waals surface area contributed by atoms with E-state index in [9.17, 15) is 4.79 Å². The van der Waals surface area contributed by atoms with Gasteiger partial charge in [0.05, 0.1) is 11.3 Å². The lowest BCUT2D eigenvalue weighted by atomic mass is 9.94. The molecule has 0 radical (unpaired) electrons. The van der Waals surface area contributed by atoms with Crippen LogP contribution in [0.5, 0.6) is 0 Å². The van der Waals surface area contributed by atoms with Gasteiger partial charge in [-0.25, -0.2) is 5.84 Å². The van der Waals surface area contributed by atoms with Crippen LogP contribution in [0.2, 0.25) is 0 Å². The fourth-order valence-corrected chi connectivity index (χ4v) is 2.52. The quantitative estimate of drug-likeness (QED) is 0.487. The summed E-state index contributed by atoms with van der Waals surface area (Å²) in [4.78, 5) is 18.0. The molecule has 2 heterocycles. The van der Waals surface area contributed by atoms with Crippen molar-refractivity contribution in [3.63, 3.8) is 0 Å². The highest BCUT2D eigenvalue weighted by atomic mass is 16.2. The summed E-state index contributed by atoms with van der Waals surface area (Å²) in [6.07, 6.45) is 5.43. The lowest BCUT2D eigenvalue weighted by Gasteiger charge is -2.31. The van der Waals surface area contributed by atoms with Crippen molar-refractivity contribution in [3.05, 3.63) is 29.6 Å². The molecule has 1 saturated heterocycles. The second-order valence-electron chi connectivity index (χ2n) is 5.14. The Hall–Kier alpha value is -1.46. The molecule has 1 aromatic rings. The van der Waals surface area contributed by atoms with E-state index >= 15 is 0 Å². The molecule has 0 unspecified atom stereocenters. The zero-order chi connectivity index (χ0) is 13.7. The Balaban J connectivity index is 1.88. The Bertz CT molecular complexity index is 410. The lowest BCUT2D eigenvalue weighted by Crippen LogP contribution is -2.33. The summed E-state index contributed by atoms with van der Waals surface area (Å²) >= 11 is 0. The summed E-state index contributed by atoms with van der Waals surface area (Å²) in [7, 11) is 0.